The lowest BCUT2D eigenvalue weighted by Crippen LogP contribution is -2.31. The van der Waals surface area contributed by atoms with Crippen LogP contribution in [0.1, 0.15) is 48.9 Å². The molecule has 1 aromatic carbocycles. The van der Waals surface area contributed by atoms with Crippen molar-refractivity contribution in [3.63, 3.8) is 0 Å². The number of hydrogen-bond acceptors (Lipinski definition) is 2. The van der Waals surface area contributed by atoms with Crippen LogP contribution in [0.3, 0.4) is 0 Å². The third-order valence-corrected chi connectivity index (χ3v) is 4.97. The Kier molecular flexibility index (Phi) is 3.03. The van der Waals surface area contributed by atoms with Crippen molar-refractivity contribution in [2.45, 2.75) is 39.9 Å². The second kappa shape index (κ2) is 6.24. The number of furan rings is 1. The highest BCUT2D eigenvalue weighted by Crippen LogP contribution is 2.36. The Morgan fingerprint density at radius 3 is 2.81 bits per heavy atom. The maximum atomic E-state index is 8.49. The van der Waals surface area contributed by atoms with Crippen LogP contribution < -0.4 is 4.57 Å². The number of rotatable bonds is 3. The van der Waals surface area contributed by atoms with Gasteiger partial charge in [0.15, 0.2) is 11.8 Å². The van der Waals surface area contributed by atoms with Crippen molar-refractivity contribution in [1.29, 1.82) is 0 Å². The molecule has 1 unspecified atom stereocenters. The molecule has 132 valence electrons. The summed E-state index contributed by atoms with van der Waals surface area (Å²) in [6.07, 6.45) is 2.63. The Morgan fingerprint density at radius 1 is 1.23 bits per heavy atom. The Hall–Kier alpha value is -2.68. The molecule has 4 rings (SSSR count). The molecule has 0 bridgehead atoms. The van der Waals surface area contributed by atoms with Crippen LogP contribution in [0.4, 0.5) is 0 Å². The summed E-state index contributed by atoms with van der Waals surface area (Å²) in [5.41, 5.74) is 5.42. The number of hydrogen-bond donors (Lipinski definition) is 0. The van der Waals surface area contributed by atoms with Crippen LogP contribution in [0, 0.1) is 6.92 Å². The summed E-state index contributed by atoms with van der Waals surface area (Å²) in [5, 5.41) is 1.92. The van der Waals surface area contributed by atoms with Gasteiger partial charge in [0.25, 0.3) is 0 Å². The Labute approximate surface area is 159 Å². The van der Waals surface area contributed by atoms with Gasteiger partial charge in [-0.3, -0.25) is 0 Å². The molecule has 0 saturated carbocycles. The van der Waals surface area contributed by atoms with Gasteiger partial charge in [0, 0.05) is 34.1 Å². The molecule has 0 aliphatic heterocycles. The Balaban J connectivity index is 2.02. The molecule has 0 amide bonds. The van der Waals surface area contributed by atoms with E-state index in [1.165, 1.54) is 6.92 Å². The first-order valence-corrected chi connectivity index (χ1v) is 8.87. The number of aryl methyl sites for hydroxylation is 3. The van der Waals surface area contributed by atoms with E-state index in [2.05, 4.69) is 11.9 Å². The van der Waals surface area contributed by atoms with Gasteiger partial charge in [-0.05, 0) is 42.5 Å². The number of nitrogens with zero attached hydrogens (tertiary/aromatic N) is 2. The number of benzene rings is 1. The molecule has 4 aromatic rings. The van der Waals surface area contributed by atoms with Gasteiger partial charge >= 0.3 is 0 Å². The summed E-state index contributed by atoms with van der Waals surface area (Å²) in [6, 6.07) is 11.6. The summed E-state index contributed by atoms with van der Waals surface area (Å²) in [7, 11) is 1.91. The number of aromatic nitrogens is 2. The summed E-state index contributed by atoms with van der Waals surface area (Å²) >= 11 is 0. The third kappa shape index (κ3) is 2.59. The van der Waals surface area contributed by atoms with E-state index in [0.717, 1.165) is 45.3 Å². The maximum Gasteiger partial charge on any atom is 0.227 e. The molecule has 0 N–H and O–H groups in total. The number of fused-ring (bicyclic) bond motifs is 3. The predicted octanol–water partition coefficient (Wildman–Crippen LogP) is 5.47. The number of pyridine rings is 2. The largest absolute Gasteiger partial charge is 0.437 e. The fourth-order valence-corrected chi connectivity index (χ4v) is 3.42. The molecule has 0 saturated heterocycles. The highest BCUT2D eigenvalue weighted by atomic mass is 16.3. The average Bonchev–Trinajstić information content (AvgIpc) is 3.05. The van der Waals surface area contributed by atoms with E-state index in [1.54, 1.807) is 18.3 Å². The average molecular weight is 349 g/mol. The van der Waals surface area contributed by atoms with Gasteiger partial charge in [0.1, 0.15) is 7.05 Å². The lowest BCUT2D eigenvalue weighted by Gasteiger charge is -2.09. The van der Waals surface area contributed by atoms with Crippen molar-refractivity contribution in [2.24, 2.45) is 7.05 Å². The minimum atomic E-state index is -2.44. The van der Waals surface area contributed by atoms with E-state index in [0.29, 0.717) is 11.3 Å². The first-order chi connectivity index (χ1) is 14.0. The molecule has 3 heterocycles. The summed E-state index contributed by atoms with van der Waals surface area (Å²) in [5.74, 6) is -1.72. The second-order valence-electron chi connectivity index (χ2n) is 6.78. The van der Waals surface area contributed by atoms with E-state index in [1.807, 2.05) is 42.8 Å². The monoisotopic (exact) mass is 349 g/mol. The topological polar surface area (TPSA) is 29.9 Å². The maximum absolute atomic E-state index is 8.49. The van der Waals surface area contributed by atoms with Gasteiger partial charge < -0.3 is 4.42 Å². The minimum absolute atomic E-state index is 0.439. The molecule has 0 radical (unpaired) electrons. The molecule has 0 aliphatic rings. The first kappa shape index (κ1) is 12.6. The van der Waals surface area contributed by atoms with Crippen molar-refractivity contribution in [3.05, 3.63) is 59.4 Å². The molecular weight excluding hydrogens is 320 g/mol. The van der Waals surface area contributed by atoms with Gasteiger partial charge in [-0.25, -0.2) is 9.55 Å². The lowest BCUT2D eigenvalue weighted by atomic mass is 9.97. The van der Waals surface area contributed by atoms with E-state index in [9.17, 15) is 0 Å². The highest BCUT2D eigenvalue weighted by Gasteiger charge is 2.21. The molecule has 3 nitrogen and oxygen atoms in total. The van der Waals surface area contributed by atoms with Crippen molar-refractivity contribution in [1.82, 2.24) is 4.98 Å². The van der Waals surface area contributed by atoms with Crippen molar-refractivity contribution < 1.29 is 14.5 Å². The summed E-state index contributed by atoms with van der Waals surface area (Å²) < 4.78 is 40.0. The molecule has 0 fully saturated rings. The van der Waals surface area contributed by atoms with Crippen LogP contribution in [0.25, 0.3) is 33.3 Å². The Morgan fingerprint density at radius 2 is 2.04 bits per heavy atom. The zero-order chi connectivity index (χ0) is 21.8. The van der Waals surface area contributed by atoms with Crippen LogP contribution >= 0.6 is 0 Å². The van der Waals surface area contributed by atoms with Gasteiger partial charge in [0.05, 0.1) is 5.56 Å². The zero-order valence-electron chi connectivity index (χ0n) is 19.6. The molecule has 0 spiro atoms. The van der Waals surface area contributed by atoms with Gasteiger partial charge in [-0.15, -0.1) is 0 Å². The van der Waals surface area contributed by atoms with Gasteiger partial charge in [0.2, 0.25) is 11.4 Å². The standard InChI is InChI=1S/C23H25N2O/c1-6-17-8-10-19-18-9-7-15(4)21(22(18)26-23(19)24-17)20-13-16(14(2)3)11-12-25(20)5/h7-14H,6H2,1-5H3/q+1/i2D3,14D. The van der Waals surface area contributed by atoms with Crippen molar-refractivity contribution in [3.8, 4) is 11.3 Å². The molecular formula is C23H25N2O+. The van der Waals surface area contributed by atoms with Gasteiger partial charge in [-0.1, -0.05) is 32.8 Å². The SMILES string of the molecule is [2H]C([2H])([2H])C([2H])(C)c1cc[n+](C)c(-c2c(C)ccc3c2oc2nc(CC)ccc23)c1. The van der Waals surface area contributed by atoms with E-state index >= 15 is 0 Å². The van der Waals surface area contributed by atoms with Crippen LogP contribution in [-0.4, -0.2) is 4.98 Å². The highest BCUT2D eigenvalue weighted by molar-refractivity contribution is 6.08. The first-order valence-electron chi connectivity index (χ1n) is 10.9. The lowest BCUT2D eigenvalue weighted by molar-refractivity contribution is -0.660. The quantitative estimate of drug-likeness (QED) is 0.459. The molecule has 1 atom stereocenters. The van der Waals surface area contributed by atoms with Crippen molar-refractivity contribution >= 4 is 22.1 Å². The molecule has 3 aromatic heterocycles. The summed E-state index contributed by atoms with van der Waals surface area (Å²) in [6.45, 7) is 3.05. The zero-order valence-corrected chi connectivity index (χ0v) is 15.6. The second-order valence-corrected chi connectivity index (χ2v) is 6.78. The van der Waals surface area contributed by atoms with Crippen LogP contribution in [-0.2, 0) is 13.5 Å². The predicted molar refractivity (Wildman–Crippen MR) is 106 cm³/mol. The van der Waals surface area contributed by atoms with Crippen LogP contribution in [0.15, 0.2) is 47.0 Å². The van der Waals surface area contributed by atoms with Crippen molar-refractivity contribution in [2.75, 3.05) is 0 Å². The third-order valence-electron chi connectivity index (χ3n) is 4.97. The Bertz CT molecular complexity index is 1270. The van der Waals surface area contributed by atoms with E-state index in [4.69, 9.17) is 9.90 Å². The molecule has 3 heteroatoms. The minimum Gasteiger partial charge on any atom is -0.437 e. The van der Waals surface area contributed by atoms with E-state index < -0.39 is 12.7 Å². The smallest absolute Gasteiger partial charge is 0.227 e. The summed E-state index contributed by atoms with van der Waals surface area (Å²) in [4.78, 5) is 4.63. The van der Waals surface area contributed by atoms with Crippen LogP contribution in [0.5, 0.6) is 0 Å². The molecule has 0 aliphatic carbocycles. The van der Waals surface area contributed by atoms with E-state index in [-0.39, 0.29) is 0 Å². The fraction of sp³-hybridized carbons (Fsp3) is 0.304. The van der Waals surface area contributed by atoms with Crippen LogP contribution in [0.2, 0.25) is 0 Å². The molecule has 26 heavy (non-hydrogen) atoms. The fourth-order valence-electron chi connectivity index (χ4n) is 3.42. The van der Waals surface area contributed by atoms with Gasteiger partial charge in [-0.2, -0.15) is 0 Å². The normalized spacial score (nSPS) is 16.8.